The smallest absolute Gasteiger partial charge is 0.325 e. The number of benzene rings is 2. The predicted octanol–water partition coefficient (Wildman–Crippen LogP) is 2.75. The lowest BCUT2D eigenvalue weighted by atomic mass is 10.1. The van der Waals surface area contributed by atoms with Gasteiger partial charge in [-0.2, -0.15) is 5.10 Å². The van der Waals surface area contributed by atoms with Crippen molar-refractivity contribution in [1.29, 1.82) is 0 Å². The number of hydrogen-bond donors (Lipinski definition) is 1. The number of nitrogens with one attached hydrogen (secondary N) is 1. The standard InChI is InChI=1S/C20H19N3O3/c1-14-8-10-16(11-9-14)23-13-17(20(25)21-12-18(24)26-2)19(22-23)15-6-4-3-5-7-15/h3-11,13H,12H2,1-2H3,(H,21,25). The van der Waals surface area contributed by atoms with Crippen LogP contribution in [0.25, 0.3) is 16.9 Å². The Morgan fingerprint density at radius 2 is 1.77 bits per heavy atom. The molecule has 0 unspecified atom stereocenters. The van der Waals surface area contributed by atoms with Crippen LogP contribution in [0.5, 0.6) is 0 Å². The first-order valence-electron chi connectivity index (χ1n) is 8.15. The largest absolute Gasteiger partial charge is 0.468 e. The molecule has 0 fully saturated rings. The molecule has 0 saturated carbocycles. The quantitative estimate of drug-likeness (QED) is 0.719. The van der Waals surface area contributed by atoms with Gasteiger partial charge in [0.25, 0.3) is 5.91 Å². The van der Waals surface area contributed by atoms with E-state index >= 15 is 0 Å². The molecule has 6 nitrogen and oxygen atoms in total. The fourth-order valence-corrected chi connectivity index (χ4v) is 2.50. The molecule has 1 aromatic heterocycles. The Balaban J connectivity index is 1.99. The van der Waals surface area contributed by atoms with Gasteiger partial charge in [-0.1, -0.05) is 48.0 Å². The number of methoxy groups -OCH3 is 1. The summed E-state index contributed by atoms with van der Waals surface area (Å²) in [5.41, 5.74) is 3.75. The summed E-state index contributed by atoms with van der Waals surface area (Å²) in [4.78, 5) is 23.9. The van der Waals surface area contributed by atoms with Crippen molar-refractivity contribution in [3.63, 3.8) is 0 Å². The van der Waals surface area contributed by atoms with Gasteiger partial charge in [-0.05, 0) is 19.1 Å². The second kappa shape index (κ2) is 7.65. The Hall–Kier alpha value is -3.41. The molecule has 0 aliphatic heterocycles. The number of esters is 1. The molecule has 3 aromatic rings. The number of hydrogen-bond acceptors (Lipinski definition) is 4. The van der Waals surface area contributed by atoms with Crippen molar-refractivity contribution in [3.05, 3.63) is 71.9 Å². The van der Waals surface area contributed by atoms with Crippen molar-refractivity contribution in [3.8, 4) is 16.9 Å². The lowest BCUT2D eigenvalue weighted by molar-refractivity contribution is -0.139. The van der Waals surface area contributed by atoms with Crippen LogP contribution in [0, 0.1) is 6.92 Å². The third kappa shape index (κ3) is 3.80. The lowest BCUT2D eigenvalue weighted by Gasteiger charge is -2.04. The van der Waals surface area contributed by atoms with Crippen molar-refractivity contribution in [2.75, 3.05) is 13.7 Å². The van der Waals surface area contributed by atoms with E-state index in [4.69, 9.17) is 0 Å². The average Bonchev–Trinajstić information content (AvgIpc) is 3.12. The molecule has 1 N–H and O–H groups in total. The fraction of sp³-hybridized carbons (Fsp3) is 0.150. The van der Waals surface area contributed by atoms with E-state index in [1.165, 1.54) is 7.11 Å². The normalized spacial score (nSPS) is 10.4. The van der Waals surface area contributed by atoms with Crippen LogP contribution in [0.1, 0.15) is 15.9 Å². The van der Waals surface area contributed by atoms with Crippen LogP contribution in [-0.2, 0) is 9.53 Å². The van der Waals surface area contributed by atoms with Gasteiger partial charge in [0.15, 0.2) is 0 Å². The van der Waals surface area contributed by atoms with Crippen molar-refractivity contribution in [2.24, 2.45) is 0 Å². The SMILES string of the molecule is COC(=O)CNC(=O)c1cn(-c2ccc(C)cc2)nc1-c1ccccc1. The predicted molar refractivity (Wildman–Crippen MR) is 98.1 cm³/mol. The van der Waals surface area contributed by atoms with E-state index in [1.807, 2.05) is 61.5 Å². The minimum Gasteiger partial charge on any atom is -0.468 e. The summed E-state index contributed by atoms with van der Waals surface area (Å²) in [5, 5.41) is 7.16. The summed E-state index contributed by atoms with van der Waals surface area (Å²) >= 11 is 0. The summed E-state index contributed by atoms with van der Waals surface area (Å²) in [5.74, 6) is -0.891. The van der Waals surface area contributed by atoms with Crippen LogP contribution in [0.3, 0.4) is 0 Å². The summed E-state index contributed by atoms with van der Waals surface area (Å²) in [7, 11) is 1.28. The second-order valence-electron chi connectivity index (χ2n) is 5.80. The van der Waals surface area contributed by atoms with E-state index in [0.717, 1.165) is 16.8 Å². The molecule has 26 heavy (non-hydrogen) atoms. The van der Waals surface area contributed by atoms with Crippen LogP contribution in [0.4, 0.5) is 0 Å². The van der Waals surface area contributed by atoms with Gasteiger partial charge in [-0.15, -0.1) is 0 Å². The molecule has 0 bridgehead atoms. The average molecular weight is 349 g/mol. The summed E-state index contributed by atoms with van der Waals surface area (Å²) in [6.07, 6.45) is 1.67. The van der Waals surface area contributed by atoms with E-state index in [9.17, 15) is 9.59 Å². The van der Waals surface area contributed by atoms with Crippen LogP contribution < -0.4 is 5.32 Å². The minimum atomic E-state index is -0.509. The molecule has 1 heterocycles. The maximum absolute atomic E-state index is 12.6. The van der Waals surface area contributed by atoms with Gasteiger partial charge in [-0.3, -0.25) is 9.59 Å². The molecule has 0 radical (unpaired) electrons. The maximum Gasteiger partial charge on any atom is 0.325 e. The van der Waals surface area contributed by atoms with Crippen LogP contribution in [0.2, 0.25) is 0 Å². The molecule has 132 valence electrons. The Labute approximate surface area is 151 Å². The molecule has 0 saturated heterocycles. The fourth-order valence-electron chi connectivity index (χ4n) is 2.50. The van der Waals surface area contributed by atoms with Crippen molar-refractivity contribution >= 4 is 11.9 Å². The third-order valence-electron chi connectivity index (χ3n) is 3.93. The number of amides is 1. The number of carbonyl (C=O) groups is 2. The van der Waals surface area contributed by atoms with E-state index in [1.54, 1.807) is 10.9 Å². The Morgan fingerprint density at radius 3 is 2.42 bits per heavy atom. The number of nitrogens with zero attached hydrogens (tertiary/aromatic N) is 2. The van der Waals surface area contributed by atoms with Gasteiger partial charge in [0, 0.05) is 11.8 Å². The number of rotatable bonds is 5. The zero-order chi connectivity index (χ0) is 18.5. The number of aromatic nitrogens is 2. The lowest BCUT2D eigenvalue weighted by Crippen LogP contribution is -2.30. The highest BCUT2D eigenvalue weighted by molar-refractivity contribution is 6.01. The number of carbonyl (C=O) groups excluding carboxylic acids is 2. The molecule has 6 heteroatoms. The van der Waals surface area contributed by atoms with Crippen molar-refractivity contribution < 1.29 is 14.3 Å². The maximum atomic E-state index is 12.6. The van der Waals surface area contributed by atoms with Crippen molar-refractivity contribution in [1.82, 2.24) is 15.1 Å². The molecule has 0 spiro atoms. The third-order valence-corrected chi connectivity index (χ3v) is 3.93. The Bertz CT molecular complexity index is 915. The van der Waals surface area contributed by atoms with Gasteiger partial charge in [0.05, 0.1) is 18.4 Å². The highest BCUT2D eigenvalue weighted by Gasteiger charge is 2.19. The molecular weight excluding hydrogens is 330 g/mol. The van der Waals surface area contributed by atoms with Crippen molar-refractivity contribution in [2.45, 2.75) is 6.92 Å². The van der Waals surface area contributed by atoms with Gasteiger partial charge in [-0.25, -0.2) is 4.68 Å². The zero-order valence-electron chi connectivity index (χ0n) is 14.6. The number of ether oxygens (including phenoxy) is 1. The highest BCUT2D eigenvalue weighted by Crippen LogP contribution is 2.23. The van der Waals surface area contributed by atoms with E-state index < -0.39 is 5.97 Å². The molecule has 0 aliphatic carbocycles. The second-order valence-corrected chi connectivity index (χ2v) is 5.80. The van der Waals surface area contributed by atoms with Gasteiger partial charge >= 0.3 is 5.97 Å². The van der Waals surface area contributed by atoms with E-state index in [-0.39, 0.29) is 12.5 Å². The summed E-state index contributed by atoms with van der Waals surface area (Å²) < 4.78 is 6.22. The highest BCUT2D eigenvalue weighted by atomic mass is 16.5. The van der Waals surface area contributed by atoms with Crippen LogP contribution >= 0.6 is 0 Å². The van der Waals surface area contributed by atoms with Crippen LogP contribution in [-0.4, -0.2) is 35.3 Å². The first kappa shape index (κ1) is 17.4. The first-order valence-corrected chi connectivity index (χ1v) is 8.15. The van der Waals surface area contributed by atoms with Gasteiger partial charge in [0.2, 0.25) is 0 Å². The molecule has 1 amide bonds. The first-order chi connectivity index (χ1) is 12.6. The molecular formula is C20H19N3O3. The van der Waals surface area contributed by atoms with Gasteiger partial charge in [0.1, 0.15) is 12.2 Å². The Kier molecular flexibility index (Phi) is 5.12. The molecule has 2 aromatic carbocycles. The minimum absolute atomic E-state index is 0.195. The number of aryl methyl sites for hydroxylation is 1. The summed E-state index contributed by atoms with van der Waals surface area (Å²) in [6.45, 7) is 1.81. The Morgan fingerprint density at radius 1 is 1.08 bits per heavy atom. The zero-order valence-corrected chi connectivity index (χ0v) is 14.6. The van der Waals surface area contributed by atoms with E-state index in [0.29, 0.717) is 11.3 Å². The molecule has 3 rings (SSSR count). The monoisotopic (exact) mass is 349 g/mol. The van der Waals surface area contributed by atoms with Gasteiger partial charge < -0.3 is 10.1 Å². The summed E-state index contributed by atoms with van der Waals surface area (Å²) in [6, 6.07) is 17.3. The topological polar surface area (TPSA) is 73.2 Å². The van der Waals surface area contributed by atoms with E-state index in [2.05, 4.69) is 15.2 Å². The molecule has 0 atom stereocenters. The molecule has 0 aliphatic rings. The van der Waals surface area contributed by atoms with Crippen LogP contribution in [0.15, 0.2) is 60.8 Å².